The Kier molecular flexibility index (Phi) is 7.60. The minimum absolute atomic E-state index is 0.214. The van der Waals surface area contributed by atoms with Crippen molar-refractivity contribution in [2.45, 2.75) is 51.8 Å². The molecule has 0 aliphatic carbocycles. The SMILES string of the molecule is CN(C(=O)OC(C)(C)C)c1ccc(N2CCN(Cc3ccc4c(c3)n(C)c(=O)n4C3CCC(=O)NC3=O)CC2)nc1. The summed E-state index contributed by atoms with van der Waals surface area (Å²) in [6, 6.07) is 9.01. The lowest BCUT2D eigenvalue weighted by Gasteiger charge is -2.35. The molecular weight excluding hydrogens is 526 g/mol. The summed E-state index contributed by atoms with van der Waals surface area (Å²) in [5, 5.41) is 2.35. The molecule has 3 amide bonds. The van der Waals surface area contributed by atoms with Crippen LogP contribution >= 0.6 is 0 Å². The van der Waals surface area contributed by atoms with Gasteiger partial charge in [0.25, 0.3) is 0 Å². The average Bonchev–Trinajstić information content (AvgIpc) is 3.17. The van der Waals surface area contributed by atoms with E-state index in [1.54, 1.807) is 24.9 Å². The zero-order valence-corrected chi connectivity index (χ0v) is 24.2. The van der Waals surface area contributed by atoms with Gasteiger partial charge in [0.05, 0.1) is 22.9 Å². The van der Waals surface area contributed by atoms with E-state index >= 15 is 0 Å². The van der Waals surface area contributed by atoms with Gasteiger partial charge in [-0.1, -0.05) is 6.07 Å². The normalized spacial score (nSPS) is 18.5. The Morgan fingerprint density at radius 1 is 1.07 bits per heavy atom. The average molecular weight is 564 g/mol. The zero-order valence-electron chi connectivity index (χ0n) is 24.2. The maximum Gasteiger partial charge on any atom is 0.414 e. The van der Waals surface area contributed by atoms with E-state index in [1.165, 1.54) is 9.47 Å². The predicted octanol–water partition coefficient (Wildman–Crippen LogP) is 2.41. The molecule has 2 aromatic heterocycles. The van der Waals surface area contributed by atoms with Gasteiger partial charge in [-0.05, 0) is 57.0 Å². The molecule has 0 spiro atoms. The molecule has 1 N–H and O–H groups in total. The first-order valence-corrected chi connectivity index (χ1v) is 13.8. The number of rotatable bonds is 5. The molecule has 2 aliphatic heterocycles. The van der Waals surface area contributed by atoms with Gasteiger partial charge >= 0.3 is 11.8 Å². The first-order chi connectivity index (χ1) is 19.4. The van der Waals surface area contributed by atoms with Crippen LogP contribution in [-0.2, 0) is 27.9 Å². The molecule has 4 heterocycles. The number of ether oxygens (including phenoxy) is 1. The van der Waals surface area contributed by atoms with Crippen LogP contribution in [0.3, 0.4) is 0 Å². The molecule has 2 saturated heterocycles. The van der Waals surface area contributed by atoms with Crippen molar-refractivity contribution in [2.75, 3.05) is 43.0 Å². The largest absolute Gasteiger partial charge is 0.443 e. The van der Waals surface area contributed by atoms with Gasteiger partial charge in [-0.25, -0.2) is 14.6 Å². The van der Waals surface area contributed by atoms with E-state index in [2.05, 4.69) is 20.1 Å². The molecule has 1 atom stereocenters. The summed E-state index contributed by atoms with van der Waals surface area (Å²) in [5.74, 6) is 0.120. The number of aryl methyl sites for hydroxylation is 1. The summed E-state index contributed by atoms with van der Waals surface area (Å²) in [7, 11) is 3.38. The van der Waals surface area contributed by atoms with E-state index in [4.69, 9.17) is 4.74 Å². The van der Waals surface area contributed by atoms with Crippen molar-refractivity contribution in [3.8, 4) is 0 Å². The van der Waals surface area contributed by atoms with Crippen LogP contribution in [0, 0.1) is 0 Å². The third kappa shape index (κ3) is 5.97. The number of piperidine rings is 1. The fourth-order valence-electron chi connectivity index (χ4n) is 5.33. The second-order valence-corrected chi connectivity index (χ2v) is 11.7. The molecule has 218 valence electrons. The minimum atomic E-state index is -0.691. The fourth-order valence-corrected chi connectivity index (χ4v) is 5.33. The first kappa shape index (κ1) is 28.3. The molecule has 12 nitrogen and oxygen atoms in total. The number of amides is 3. The number of hydrogen-bond donors (Lipinski definition) is 1. The Balaban J connectivity index is 1.21. The van der Waals surface area contributed by atoms with Crippen molar-refractivity contribution >= 4 is 40.4 Å². The molecule has 3 aromatic rings. The van der Waals surface area contributed by atoms with E-state index in [-0.39, 0.29) is 18.0 Å². The molecule has 2 aliphatic rings. The number of anilines is 2. The highest BCUT2D eigenvalue weighted by atomic mass is 16.6. The smallest absolute Gasteiger partial charge is 0.414 e. The molecule has 0 bridgehead atoms. The van der Waals surface area contributed by atoms with E-state index in [0.717, 1.165) is 49.6 Å². The monoisotopic (exact) mass is 563 g/mol. The maximum absolute atomic E-state index is 13.0. The van der Waals surface area contributed by atoms with Gasteiger partial charge in [-0.2, -0.15) is 0 Å². The van der Waals surface area contributed by atoms with E-state index in [1.807, 2.05) is 51.1 Å². The number of imidazole rings is 1. The number of nitrogens with zero attached hydrogens (tertiary/aromatic N) is 6. The van der Waals surface area contributed by atoms with Crippen LogP contribution in [0.4, 0.5) is 16.3 Å². The second kappa shape index (κ2) is 11.0. The van der Waals surface area contributed by atoms with Gasteiger partial charge in [0.1, 0.15) is 17.5 Å². The van der Waals surface area contributed by atoms with Crippen LogP contribution in [0.5, 0.6) is 0 Å². The van der Waals surface area contributed by atoms with Crippen LogP contribution in [0.15, 0.2) is 41.3 Å². The van der Waals surface area contributed by atoms with E-state index in [9.17, 15) is 19.2 Å². The number of fused-ring (bicyclic) bond motifs is 1. The second-order valence-electron chi connectivity index (χ2n) is 11.7. The van der Waals surface area contributed by atoms with Crippen LogP contribution < -0.4 is 20.8 Å². The number of carbonyl (C=O) groups is 3. The van der Waals surface area contributed by atoms with Crippen LogP contribution in [0.25, 0.3) is 11.0 Å². The number of nitrogens with one attached hydrogen (secondary N) is 1. The Morgan fingerprint density at radius 2 is 1.80 bits per heavy atom. The van der Waals surface area contributed by atoms with Crippen LogP contribution in [0.2, 0.25) is 0 Å². The maximum atomic E-state index is 13.0. The summed E-state index contributed by atoms with van der Waals surface area (Å²) in [5.41, 5.74) is 2.36. The Bertz CT molecular complexity index is 1530. The van der Waals surface area contributed by atoms with Crippen molar-refractivity contribution in [1.29, 1.82) is 0 Å². The van der Waals surface area contributed by atoms with Gasteiger partial charge in [0.2, 0.25) is 11.8 Å². The molecule has 1 unspecified atom stereocenters. The van der Waals surface area contributed by atoms with Crippen molar-refractivity contribution in [3.63, 3.8) is 0 Å². The number of hydrogen-bond acceptors (Lipinski definition) is 8. The van der Waals surface area contributed by atoms with E-state index < -0.39 is 23.6 Å². The van der Waals surface area contributed by atoms with Gasteiger partial charge in [0.15, 0.2) is 0 Å². The number of aromatic nitrogens is 3. The van der Waals surface area contributed by atoms with Gasteiger partial charge in [-0.15, -0.1) is 0 Å². The molecular formula is C29H37N7O5. The molecule has 1 aromatic carbocycles. The van der Waals surface area contributed by atoms with E-state index in [0.29, 0.717) is 17.6 Å². The molecule has 12 heteroatoms. The summed E-state index contributed by atoms with van der Waals surface area (Å²) in [6.07, 6.45) is 1.79. The van der Waals surface area contributed by atoms with Crippen LogP contribution in [0.1, 0.15) is 45.2 Å². The first-order valence-electron chi connectivity index (χ1n) is 13.8. The number of carbonyl (C=O) groups excluding carboxylic acids is 3. The number of piperazine rings is 1. The van der Waals surface area contributed by atoms with Crippen molar-refractivity contribution in [2.24, 2.45) is 7.05 Å². The third-order valence-corrected chi connectivity index (χ3v) is 7.56. The summed E-state index contributed by atoms with van der Waals surface area (Å²) < 4.78 is 8.50. The Labute approximate surface area is 238 Å². The standard InChI is InChI=1S/C29H37N7O5/c1-29(2,3)41-28(40)32(4)20-7-10-24(30-17-20)35-14-12-34(13-15-35)18-19-6-8-21-23(16-19)33(5)27(39)36(21)22-9-11-25(37)31-26(22)38/h6-8,10,16-17,22H,9,11-15,18H2,1-5H3,(H,31,37,38). The number of benzene rings is 1. The van der Waals surface area contributed by atoms with Gasteiger partial charge < -0.3 is 9.64 Å². The highest BCUT2D eigenvalue weighted by Crippen LogP contribution is 2.25. The number of pyridine rings is 1. The van der Waals surface area contributed by atoms with Crippen molar-refractivity contribution in [3.05, 3.63) is 52.6 Å². The third-order valence-electron chi connectivity index (χ3n) is 7.56. The summed E-state index contributed by atoms with van der Waals surface area (Å²) in [4.78, 5) is 60.1. The lowest BCUT2D eigenvalue weighted by atomic mass is 10.1. The lowest BCUT2D eigenvalue weighted by Crippen LogP contribution is -2.46. The minimum Gasteiger partial charge on any atom is -0.443 e. The summed E-state index contributed by atoms with van der Waals surface area (Å²) >= 11 is 0. The Morgan fingerprint density at radius 3 is 2.44 bits per heavy atom. The highest BCUT2D eigenvalue weighted by Gasteiger charge is 2.31. The van der Waals surface area contributed by atoms with Crippen LogP contribution in [-0.4, -0.2) is 75.8 Å². The quantitative estimate of drug-likeness (QED) is 0.470. The molecule has 0 saturated carbocycles. The molecule has 5 rings (SSSR count). The summed E-state index contributed by atoms with van der Waals surface area (Å²) in [6.45, 7) is 9.53. The lowest BCUT2D eigenvalue weighted by molar-refractivity contribution is -0.135. The molecule has 0 radical (unpaired) electrons. The zero-order chi connectivity index (χ0) is 29.5. The van der Waals surface area contributed by atoms with Gasteiger partial charge in [0, 0.05) is 53.2 Å². The molecule has 41 heavy (non-hydrogen) atoms. The highest BCUT2D eigenvalue weighted by molar-refractivity contribution is 6.00. The fraction of sp³-hybridized carbons (Fsp3) is 0.483. The topological polar surface area (TPSA) is 122 Å². The van der Waals surface area contributed by atoms with Gasteiger partial charge in [-0.3, -0.25) is 33.8 Å². The Hall–Kier alpha value is -4.19. The number of imide groups is 1. The van der Waals surface area contributed by atoms with Crippen molar-refractivity contribution in [1.82, 2.24) is 24.3 Å². The predicted molar refractivity (Wildman–Crippen MR) is 155 cm³/mol. The van der Waals surface area contributed by atoms with Crippen molar-refractivity contribution < 1.29 is 19.1 Å². The molecule has 2 fully saturated rings.